The molecule has 0 saturated carbocycles. The van der Waals surface area contributed by atoms with Crippen LogP contribution < -0.4 is 10.1 Å². The Balaban J connectivity index is 1.76. The zero-order valence-electron chi connectivity index (χ0n) is 13.6. The standard InChI is InChI=1S/C18H21N3O2/c1-13-16(12-19-14(2)17-10-7-11-22-17)18(21(3)20-13)23-15-8-5-4-6-9-15/h4-11,14,19H,12H2,1-3H3/t14-/m1/s1. The number of ether oxygens (including phenoxy) is 1. The van der Waals surface area contributed by atoms with Gasteiger partial charge in [-0.3, -0.25) is 0 Å². The third-order valence-electron chi connectivity index (χ3n) is 3.80. The summed E-state index contributed by atoms with van der Waals surface area (Å²) in [5.74, 6) is 2.47. The van der Waals surface area contributed by atoms with E-state index in [0.717, 1.165) is 28.6 Å². The Hall–Kier alpha value is -2.53. The molecule has 0 bridgehead atoms. The van der Waals surface area contributed by atoms with E-state index in [9.17, 15) is 0 Å². The molecule has 2 heterocycles. The molecule has 5 heteroatoms. The Bertz CT molecular complexity index is 748. The van der Waals surface area contributed by atoms with Gasteiger partial charge in [0.25, 0.3) is 0 Å². The summed E-state index contributed by atoms with van der Waals surface area (Å²) < 4.78 is 13.2. The van der Waals surface area contributed by atoms with Gasteiger partial charge in [-0.25, -0.2) is 4.68 Å². The van der Waals surface area contributed by atoms with Crippen molar-refractivity contribution in [2.24, 2.45) is 7.05 Å². The molecule has 3 rings (SSSR count). The van der Waals surface area contributed by atoms with E-state index in [1.807, 2.05) is 56.4 Å². The molecule has 1 atom stereocenters. The minimum atomic E-state index is 0.120. The maximum atomic E-state index is 6.02. The van der Waals surface area contributed by atoms with Crippen molar-refractivity contribution in [3.05, 3.63) is 65.7 Å². The smallest absolute Gasteiger partial charge is 0.222 e. The molecule has 2 aromatic heterocycles. The summed E-state index contributed by atoms with van der Waals surface area (Å²) in [7, 11) is 1.89. The first-order valence-corrected chi connectivity index (χ1v) is 7.67. The Morgan fingerprint density at radius 2 is 2.00 bits per heavy atom. The van der Waals surface area contributed by atoms with E-state index in [4.69, 9.17) is 9.15 Å². The molecule has 0 radical (unpaired) electrons. The third kappa shape index (κ3) is 3.46. The first-order valence-electron chi connectivity index (χ1n) is 7.67. The molecule has 0 aliphatic heterocycles. The zero-order chi connectivity index (χ0) is 16.2. The molecular weight excluding hydrogens is 290 g/mol. The van der Waals surface area contributed by atoms with Gasteiger partial charge >= 0.3 is 0 Å². The molecule has 23 heavy (non-hydrogen) atoms. The van der Waals surface area contributed by atoms with E-state index < -0.39 is 0 Å². The number of nitrogens with zero attached hydrogens (tertiary/aromatic N) is 2. The van der Waals surface area contributed by atoms with Gasteiger partial charge < -0.3 is 14.5 Å². The van der Waals surface area contributed by atoms with Crippen LogP contribution in [0.4, 0.5) is 0 Å². The molecule has 0 unspecified atom stereocenters. The number of aromatic nitrogens is 2. The SMILES string of the molecule is Cc1nn(C)c(Oc2ccccc2)c1CN[C@H](C)c1ccco1. The van der Waals surface area contributed by atoms with Gasteiger partial charge in [0.2, 0.25) is 5.88 Å². The maximum absolute atomic E-state index is 6.02. The summed E-state index contributed by atoms with van der Waals surface area (Å²) in [4.78, 5) is 0. The molecule has 0 saturated heterocycles. The molecular formula is C18H21N3O2. The average molecular weight is 311 g/mol. The van der Waals surface area contributed by atoms with Crippen LogP contribution in [0, 0.1) is 6.92 Å². The number of nitrogens with one attached hydrogen (secondary N) is 1. The fourth-order valence-electron chi connectivity index (χ4n) is 2.51. The second-order valence-corrected chi connectivity index (χ2v) is 5.53. The average Bonchev–Trinajstić information content (AvgIpc) is 3.16. The number of hydrogen-bond acceptors (Lipinski definition) is 4. The normalized spacial score (nSPS) is 12.3. The predicted octanol–water partition coefficient (Wildman–Crippen LogP) is 3.96. The number of benzene rings is 1. The number of aryl methyl sites for hydroxylation is 2. The highest BCUT2D eigenvalue weighted by molar-refractivity contribution is 5.35. The van der Waals surface area contributed by atoms with Crippen LogP contribution in [0.1, 0.15) is 30.0 Å². The van der Waals surface area contributed by atoms with E-state index in [2.05, 4.69) is 17.3 Å². The molecule has 0 spiro atoms. The van der Waals surface area contributed by atoms with E-state index in [0.29, 0.717) is 6.54 Å². The van der Waals surface area contributed by atoms with Crippen LogP contribution in [0.15, 0.2) is 53.1 Å². The van der Waals surface area contributed by atoms with Crippen LogP contribution in [0.2, 0.25) is 0 Å². The second-order valence-electron chi connectivity index (χ2n) is 5.53. The van der Waals surface area contributed by atoms with Gasteiger partial charge in [-0.2, -0.15) is 5.10 Å². The first-order chi connectivity index (χ1) is 11.1. The summed E-state index contributed by atoms with van der Waals surface area (Å²) >= 11 is 0. The Morgan fingerprint density at radius 1 is 1.22 bits per heavy atom. The van der Waals surface area contributed by atoms with Crippen molar-refractivity contribution >= 4 is 0 Å². The van der Waals surface area contributed by atoms with Gasteiger partial charge in [-0.1, -0.05) is 18.2 Å². The van der Waals surface area contributed by atoms with Gasteiger partial charge in [-0.05, 0) is 38.1 Å². The molecule has 0 fully saturated rings. The topological polar surface area (TPSA) is 52.2 Å². The van der Waals surface area contributed by atoms with Gasteiger partial charge in [-0.15, -0.1) is 0 Å². The van der Waals surface area contributed by atoms with Crippen molar-refractivity contribution < 1.29 is 9.15 Å². The third-order valence-corrected chi connectivity index (χ3v) is 3.80. The van der Waals surface area contributed by atoms with Crippen molar-refractivity contribution in [1.29, 1.82) is 0 Å². The van der Waals surface area contributed by atoms with Crippen molar-refractivity contribution in [2.45, 2.75) is 26.4 Å². The zero-order valence-corrected chi connectivity index (χ0v) is 13.6. The molecule has 0 aliphatic rings. The lowest BCUT2D eigenvalue weighted by atomic mass is 10.2. The fourth-order valence-corrected chi connectivity index (χ4v) is 2.51. The fraction of sp³-hybridized carbons (Fsp3) is 0.278. The quantitative estimate of drug-likeness (QED) is 0.748. The van der Waals surface area contributed by atoms with Crippen molar-refractivity contribution in [3.63, 3.8) is 0 Å². The summed E-state index contributed by atoms with van der Waals surface area (Å²) in [5.41, 5.74) is 2.01. The largest absolute Gasteiger partial charge is 0.468 e. The van der Waals surface area contributed by atoms with E-state index in [1.54, 1.807) is 10.9 Å². The minimum absolute atomic E-state index is 0.120. The Labute approximate surface area is 135 Å². The number of rotatable bonds is 6. The first kappa shape index (κ1) is 15.4. The van der Waals surface area contributed by atoms with Crippen molar-refractivity contribution in [1.82, 2.24) is 15.1 Å². The summed E-state index contributed by atoms with van der Waals surface area (Å²) in [6.45, 7) is 4.72. The van der Waals surface area contributed by atoms with Crippen molar-refractivity contribution in [2.75, 3.05) is 0 Å². The van der Waals surface area contributed by atoms with E-state index in [1.165, 1.54) is 0 Å². The summed E-state index contributed by atoms with van der Waals surface area (Å²) in [6.07, 6.45) is 1.69. The number of furan rings is 1. The lowest BCUT2D eigenvalue weighted by Gasteiger charge is -2.13. The molecule has 0 aliphatic carbocycles. The van der Waals surface area contributed by atoms with Crippen LogP contribution >= 0.6 is 0 Å². The highest BCUT2D eigenvalue weighted by atomic mass is 16.5. The Morgan fingerprint density at radius 3 is 2.70 bits per heavy atom. The predicted molar refractivity (Wildman–Crippen MR) is 88.4 cm³/mol. The molecule has 5 nitrogen and oxygen atoms in total. The van der Waals surface area contributed by atoms with Crippen LogP contribution in [-0.2, 0) is 13.6 Å². The molecule has 120 valence electrons. The van der Waals surface area contributed by atoms with Crippen LogP contribution in [0.3, 0.4) is 0 Å². The monoisotopic (exact) mass is 311 g/mol. The summed E-state index contributed by atoms with van der Waals surface area (Å²) in [5, 5.41) is 7.93. The number of hydrogen-bond donors (Lipinski definition) is 1. The van der Waals surface area contributed by atoms with Crippen LogP contribution in [-0.4, -0.2) is 9.78 Å². The molecule has 3 aromatic rings. The second kappa shape index (κ2) is 6.71. The summed E-state index contributed by atoms with van der Waals surface area (Å²) in [6, 6.07) is 13.7. The van der Waals surface area contributed by atoms with Crippen LogP contribution in [0.25, 0.3) is 0 Å². The Kier molecular flexibility index (Phi) is 4.48. The highest BCUT2D eigenvalue weighted by Crippen LogP contribution is 2.27. The lowest BCUT2D eigenvalue weighted by molar-refractivity contribution is 0.410. The van der Waals surface area contributed by atoms with Gasteiger partial charge in [0.15, 0.2) is 0 Å². The van der Waals surface area contributed by atoms with E-state index in [-0.39, 0.29) is 6.04 Å². The maximum Gasteiger partial charge on any atom is 0.222 e. The minimum Gasteiger partial charge on any atom is -0.468 e. The van der Waals surface area contributed by atoms with Gasteiger partial charge in [0.1, 0.15) is 11.5 Å². The number of para-hydroxylation sites is 1. The van der Waals surface area contributed by atoms with Crippen LogP contribution in [0.5, 0.6) is 11.6 Å². The van der Waals surface area contributed by atoms with Gasteiger partial charge in [0.05, 0.1) is 23.6 Å². The molecule has 0 amide bonds. The molecule has 1 N–H and O–H groups in total. The van der Waals surface area contributed by atoms with Crippen molar-refractivity contribution in [3.8, 4) is 11.6 Å². The van der Waals surface area contributed by atoms with Gasteiger partial charge in [0, 0.05) is 13.6 Å². The lowest BCUT2D eigenvalue weighted by Crippen LogP contribution is -2.18. The highest BCUT2D eigenvalue weighted by Gasteiger charge is 2.17. The molecule has 1 aromatic carbocycles. The van der Waals surface area contributed by atoms with E-state index >= 15 is 0 Å².